The zero-order valence-corrected chi connectivity index (χ0v) is 9.83. The SMILES string of the molecule is CC(CC(=O)O)Cn1nnnc1-c1cnns1. The summed E-state index contributed by atoms with van der Waals surface area (Å²) in [5, 5.41) is 23.7. The summed E-state index contributed by atoms with van der Waals surface area (Å²) in [6, 6.07) is 0. The molecular formula is C8H10N6O2S. The minimum Gasteiger partial charge on any atom is -0.481 e. The van der Waals surface area contributed by atoms with Gasteiger partial charge in [0.05, 0.1) is 6.20 Å². The first-order chi connectivity index (χ1) is 8.16. The van der Waals surface area contributed by atoms with E-state index in [1.165, 1.54) is 11.5 Å². The Hall–Kier alpha value is -1.90. The molecule has 2 aromatic heterocycles. The van der Waals surface area contributed by atoms with E-state index in [4.69, 9.17) is 5.11 Å². The Kier molecular flexibility index (Phi) is 3.38. The molecule has 1 N–H and O–H groups in total. The van der Waals surface area contributed by atoms with Crippen LogP contribution >= 0.6 is 11.5 Å². The number of tetrazole rings is 1. The predicted octanol–water partition coefficient (Wildman–Crippen LogP) is 0.302. The maximum Gasteiger partial charge on any atom is 0.303 e. The number of carbonyl (C=O) groups is 1. The van der Waals surface area contributed by atoms with Gasteiger partial charge in [-0.05, 0) is 27.9 Å². The molecule has 2 aromatic rings. The van der Waals surface area contributed by atoms with Crippen molar-refractivity contribution in [2.75, 3.05) is 0 Å². The summed E-state index contributed by atoms with van der Waals surface area (Å²) in [7, 11) is 0. The molecule has 2 heterocycles. The summed E-state index contributed by atoms with van der Waals surface area (Å²) in [5.41, 5.74) is 0. The topological polar surface area (TPSA) is 107 Å². The molecule has 0 spiro atoms. The maximum absolute atomic E-state index is 10.6. The number of rotatable bonds is 5. The van der Waals surface area contributed by atoms with Crippen LogP contribution in [0.4, 0.5) is 0 Å². The lowest BCUT2D eigenvalue weighted by atomic mass is 10.1. The van der Waals surface area contributed by atoms with Crippen molar-refractivity contribution >= 4 is 17.5 Å². The standard InChI is InChI=1S/C8H10N6O2S/c1-5(2-7(15)16)4-14-8(10-11-12-14)6-3-9-13-17-6/h3,5H,2,4H2,1H3,(H,15,16). The highest BCUT2D eigenvalue weighted by molar-refractivity contribution is 7.09. The van der Waals surface area contributed by atoms with Crippen LogP contribution in [-0.4, -0.2) is 40.9 Å². The van der Waals surface area contributed by atoms with Gasteiger partial charge in [0, 0.05) is 13.0 Å². The van der Waals surface area contributed by atoms with Crippen molar-refractivity contribution in [1.29, 1.82) is 0 Å². The average molecular weight is 254 g/mol. The van der Waals surface area contributed by atoms with Crippen molar-refractivity contribution in [2.45, 2.75) is 19.9 Å². The fraction of sp³-hybridized carbons (Fsp3) is 0.500. The second kappa shape index (κ2) is 4.95. The van der Waals surface area contributed by atoms with Gasteiger partial charge >= 0.3 is 5.97 Å². The van der Waals surface area contributed by atoms with Crippen LogP contribution in [0.15, 0.2) is 6.20 Å². The van der Waals surface area contributed by atoms with E-state index in [9.17, 15) is 4.79 Å². The average Bonchev–Trinajstić information content (AvgIpc) is 2.84. The summed E-state index contributed by atoms with van der Waals surface area (Å²) >= 11 is 1.20. The van der Waals surface area contributed by atoms with Gasteiger partial charge in [-0.1, -0.05) is 11.4 Å². The predicted molar refractivity (Wildman–Crippen MR) is 58.1 cm³/mol. The second-order valence-corrected chi connectivity index (χ2v) is 4.46. The molecule has 0 aliphatic rings. The molecule has 0 radical (unpaired) electrons. The Labute approximate surface area is 100 Å². The molecule has 0 amide bonds. The van der Waals surface area contributed by atoms with E-state index < -0.39 is 5.97 Å². The smallest absolute Gasteiger partial charge is 0.303 e. The maximum atomic E-state index is 10.6. The molecule has 0 fully saturated rings. The van der Waals surface area contributed by atoms with Gasteiger partial charge < -0.3 is 5.11 Å². The van der Waals surface area contributed by atoms with Gasteiger partial charge in [-0.2, -0.15) is 0 Å². The zero-order valence-electron chi connectivity index (χ0n) is 9.02. The van der Waals surface area contributed by atoms with Gasteiger partial charge in [-0.25, -0.2) is 4.68 Å². The van der Waals surface area contributed by atoms with Crippen molar-refractivity contribution < 1.29 is 9.90 Å². The number of hydrogen-bond acceptors (Lipinski definition) is 7. The first-order valence-electron chi connectivity index (χ1n) is 4.92. The van der Waals surface area contributed by atoms with Crippen molar-refractivity contribution in [3.63, 3.8) is 0 Å². The molecule has 0 saturated carbocycles. The fourth-order valence-electron chi connectivity index (χ4n) is 1.43. The summed E-state index contributed by atoms with van der Waals surface area (Å²) in [6.07, 6.45) is 1.66. The summed E-state index contributed by atoms with van der Waals surface area (Å²) in [5.74, 6) is -0.306. The molecule has 2 rings (SSSR count). The third kappa shape index (κ3) is 2.81. The van der Waals surface area contributed by atoms with E-state index in [-0.39, 0.29) is 12.3 Å². The molecular weight excluding hydrogens is 244 g/mol. The third-order valence-electron chi connectivity index (χ3n) is 2.12. The lowest BCUT2D eigenvalue weighted by molar-refractivity contribution is -0.138. The van der Waals surface area contributed by atoms with Gasteiger partial charge in [0.1, 0.15) is 4.88 Å². The number of carboxylic acids is 1. The Morgan fingerprint density at radius 1 is 1.65 bits per heavy atom. The molecule has 1 atom stereocenters. The molecule has 17 heavy (non-hydrogen) atoms. The summed E-state index contributed by atoms with van der Waals surface area (Å²) in [4.78, 5) is 11.3. The van der Waals surface area contributed by atoms with E-state index >= 15 is 0 Å². The molecule has 0 saturated heterocycles. The molecule has 0 aromatic carbocycles. The van der Waals surface area contributed by atoms with Crippen molar-refractivity contribution in [3.05, 3.63) is 6.20 Å². The molecule has 0 aliphatic heterocycles. The van der Waals surface area contributed by atoms with Gasteiger partial charge in [-0.15, -0.1) is 10.2 Å². The molecule has 90 valence electrons. The number of hydrogen-bond donors (Lipinski definition) is 1. The lowest BCUT2D eigenvalue weighted by Gasteiger charge is -2.08. The zero-order chi connectivity index (χ0) is 12.3. The van der Waals surface area contributed by atoms with Crippen LogP contribution < -0.4 is 0 Å². The summed E-state index contributed by atoms with van der Waals surface area (Å²) < 4.78 is 5.31. The highest BCUT2D eigenvalue weighted by Gasteiger charge is 2.15. The van der Waals surface area contributed by atoms with Crippen molar-refractivity contribution in [3.8, 4) is 10.7 Å². The third-order valence-corrected chi connectivity index (χ3v) is 2.78. The highest BCUT2D eigenvalue weighted by Crippen LogP contribution is 2.19. The van der Waals surface area contributed by atoms with E-state index in [0.717, 1.165) is 4.88 Å². The first kappa shape index (κ1) is 11.6. The van der Waals surface area contributed by atoms with Crippen LogP contribution in [0.5, 0.6) is 0 Å². The van der Waals surface area contributed by atoms with Crippen LogP contribution in [0.1, 0.15) is 13.3 Å². The molecule has 0 aliphatic carbocycles. The number of aliphatic carboxylic acids is 1. The second-order valence-electron chi connectivity index (χ2n) is 3.67. The Bertz CT molecular complexity index is 496. The number of aromatic nitrogens is 6. The van der Waals surface area contributed by atoms with Gasteiger partial charge in [-0.3, -0.25) is 4.79 Å². The molecule has 0 bridgehead atoms. The van der Waals surface area contributed by atoms with Gasteiger partial charge in [0.25, 0.3) is 0 Å². The van der Waals surface area contributed by atoms with E-state index in [0.29, 0.717) is 12.4 Å². The minimum absolute atomic E-state index is 0.0457. The Morgan fingerprint density at radius 2 is 2.47 bits per heavy atom. The fourth-order valence-corrected chi connectivity index (χ4v) is 1.93. The van der Waals surface area contributed by atoms with Crippen molar-refractivity contribution in [1.82, 2.24) is 29.8 Å². The van der Waals surface area contributed by atoms with Gasteiger partial charge in [0.2, 0.25) is 0 Å². The van der Waals surface area contributed by atoms with Gasteiger partial charge in [0.15, 0.2) is 5.82 Å². The van der Waals surface area contributed by atoms with Crippen molar-refractivity contribution in [2.24, 2.45) is 5.92 Å². The normalized spacial score (nSPS) is 12.5. The van der Waals surface area contributed by atoms with Crippen LogP contribution in [-0.2, 0) is 11.3 Å². The van der Waals surface area contributed by atoms with E-state index in [1.54, 1.807) is 10.9 Å². The highest BCUT2D eigenvalue weighted by atomic mass is 32.1. The van der Waals surface area contributed by atoms with E-state index in [1.807, 2.05) is 6.92 Å². The summed E-state index contributed by atoms with van der Waals surface area (Å²) in [6.45, 7) is 2.29. The molecule has 1 unspecified atom stereocenters. The van der Waals surface area contributed by atoms with Crippen LogP contribution in [0, 0.1) is 5.92 Å². The minimum atomic E-state index is -0.827. The number of nitrogens with zero attached hydrogens (tertiary/aromatic N) is 6. The Morgan fingerprint density at radius 3 is 3.12 bits per heavy atom. The quantitative estimate of drug-likeness (QED) is 0.817. The first-order valence-corrected chi connectivity index (χ1v) is 5.70. The monoisotopic (exact) mass is 254 g/mol. The molecule has 9 heteroatoms. The Balaban J connectivity index is 2.12. The van der Waals surface area contributed by atoms with E-state index in [2.05, 4.69) is 25.1 Å². The molecule has 8 nitrogen and oxygen atoms in total. The lowest BCUT2D eigenvalue weighted by Crippen LogP contribution is -2.13. The number of carboxylic acid groups (broad SMARTS) is 1. The van der Waals surface area contributed by atoms with Crippen LogP contribution in [0.25, 0.3) is 10.7 Å². The van der Waals surface area contributed by atoms with Crippen LogP contribution in [0.3, 0.4) is 0 Å². The largest absolute Gasteiger partial charge is 0.481 e. The van der Waals surface area contributed by atoms with Crippen LogP contribution in [0.2, 0.25) is 0 Å².